The molecule has 0 aliphatic heterocycles. The van der Waals surface area contributed by atoms with Gasteiger partial charge in [-0.25, -0.2) is 4.99 Å². The number of carbonyl (C=O) groups excluding carboxylic acids is 2. The first-order valence-corrected chi connectivity index (χ1v) is 11.3. The molecule has 0 radical (unpaired) electrons. The highest BCUT2D eigenvalue weighted by Gasteiger charge is 2.15. The van der Waals surface area contributed by atoms with E-state index in [2.05, 4.69) is 25.5 Å². The maximum atomic E-state index is 13.2. The van der Waals surface area contributed by atoms with Gasteiger partial charge in [-0.05, 0) is 48.7 Å². The van der Waals surface area contributed by atoms with Crippen LogP contribution in [0.3, 0.4) is 0 Å². The van der Waals surface area contributed by atoms with Gasteiger partial charge >= 0.3 is 0 Å². The molecule has 0 unspecified atom stereocenters. The molecule has 168 valence electrons. The highest BCUT2D eigenvalue weighted by atomic mass is 32.1. The topological polar surface area (TPSA) is 123 Å². The number of nitrogens with one attached hydrogen (secondary N) is 3. The number of nitrogens with zero attached hydrogens (tertiary/aromatic N) is 2. The van der Waals surface area contributed by atoms with Crippen molar-refractivity contribution in [2.75, 3.05) is 5.32 Å². The summed E-state index contributed by atoms with van der Waals surface area (Å²) < 4.78 is 0. The Kier molecular flexibility index (Phi) is 5.52. The monoisotopic (exact) mass is 469 g/mol. The third kappa shape index (κ3) is 4.24. The van der Waals surface area contributed by atoms with Gasteiger partial charge in [0.2, 0.25) is 0 Å². The average Bonchev–Trinajstić information content (AvgIpc) is 3.57. The third-order valence-corrected chi connectivity index (χ3v) is 6.09. The Morgan fingerprint density at radius 1 is 1.09 bits per heavy atom. The Bertz CT molecular complexity index is 1550. The molecule has 2 aromatic carbocycles. The fourth-order valence-electron chi connectivity index (χ4n) is 3.58. The van der Waals surface area contributed by atoms with Gasteiger partial charge < -0.3 is 15.4 Å². The number of rotatable bonds is 6. The number of thiophene rings is 1. The SMILES string of the molecule is Cc1cc(N=Cc2c(O)[nH]c3ccc(C(=O)c4cccc(NC(=O)c5cccs5)c4)cc23)n[nH]1. The lowest BCUT2D eigenvalue weighted by atomic mass is 10.0. The van der Waals surface area contributed by atoms with Crippen LogP contribution in [0.4, 0.5) is 11.5 Å². The predicted octanol–water partition coefficient (Wildman–Crippen LogP) is 5.20. The van der Waals surface area contributed by atoms with Gasteiger partial charge in [0.05, 0.1) is 10.4 Å². The van der Waals surface area contributed by atoms with Gasteiger partial charge in [0, 0.05) is 45.7 Å². The highest BCUT2D eigenvalue weighted by molar-refractivity contribution is 7.12. The van der Waals surface area contributed by atoms with E-state index in [0.717, 1.165) is 5.69 Å². The van der Waals surface area contributed by atoms with Crippen LogP contribution >= 0.6 is 11.3 Å². The second-order valence-corrected chi connectivity index (χ2v) is 8.60. The fraction of sp³-hybridized carbons (Fsp3) is 0.0400. The summed E-state index contributed by atoms with van der Waals surface area (Å²) in [4.78, 5) is 33.4. The summed E-state index contributed by atoms with van der Waals surface area (Å²) in [5.41, 5.74) is 3.42. The van der Waals surface area contributed by atoms with E-state index in [4.69, 9.17) is 0 Å². The molecule has 4 N–H and O–H groups in total. The number of aryl methyl sites for hydroxylation is 1. The molecule has 1 amide bonds. The minimum absolute atomic E-state index is 0.0473. The first-order valence-electron chi connectivity index (χ1n) is 10.4. The molecule has 0 saturated heterocycles. The highest BCUT2D eigenvalue weighted by Crippen LogP contribution is 2.28. The molecule has 3 heterocycles. The second kappa shape index (κ2) is 8.80. The predicted molar refractivity (Wildman–Crippen MR) is 133 cm³/mol. The van der Waals surface area contributed by atoms with Crippen LogP contribution in [0.1, 0.15) is 36.9 Å². The molecule has 0 atom stereocenters. The van der Waals surface area contributed by atoms with Crippen LogP contribution in [0.5, 0.6) is 5.88 Å². The van der Waals surface area contributed by atoms with Crippen LogP contribution in [0.2, 0.25) is 0 Å². The van der Waals surface area contributed by atoms with Crippen molar-refractivity contribution < 1.29 is 14.7 Å². The molecule has 0 bridgehead atoms. The molecule has 5 rings (SSSR count). The number of carbonyl (C=O) groups is 2. The number of aliphatic imine (C=N–C) groups is 1. The molecule has 5 aromatic rings. The number of hydrogen-bond acceptors (Lipinski definition) is 6. The first-order chi connectivity index (χ1) is 16.5. The van der Waals surface area contributed by atoms with E-state index < -0.39 is 0 Å². The van der Waals surface area contributed by atoms with E-state index in [1.165, 1.54) is 17.6 Å². The van der Waals surface area contributed by atoms with Gasteiger partial charge in [0.1, 0.15) is 0 Å². The molecule has 0 aliphatic rings. The summed E-state index contributed by atoms with van der Waals surface area (Å²) in [6, 6.07) is 17.3. The van der Waals surface area contributed by atoms with Gasteiger partial charge in [-0.1, -0.05) is 18.2 Å². The minimum Gasteiger partial charge on any atom is -0.494 e. The number of aromatic nitrogens is 3. The molecule has 0 fully saturated rings. The van der Waals surface area contributed by atoms with Crippen molar-refractivity contribution in [3.63, 3.8) is 0 Å². The maximum absolute atomic E-state index is 13.2. The summed E-state index contributed by atoms with van der Waals surface area (Å²) >= 11 is 1.35. The average molecular weight is 470 g/mol. The van der Waals surface area contributed by atoms with Crippen molar-refractivity contribution in [2.24, 2.45) is 4.99 Å². The molecule has 9 heteroatoms. The summed E-state index contributed by atoms with van der Waals surface area (Å²) in [5, 5.41) is 22.5. The quantitative estimate of drug-likeness (QED) is 0.202. The standard InChI is InChI=1S/C25H19N5O3S/c1-14-10-22(30-29-14)26-13-19-18-12-16(7-8-20(18)28-24(19)32)23(31)15-4-2-5-17(11-15)27-25(33)21-6-3-9-34-21/h2-13,28,32H,1H3,(H,27,33)(H,29,30). The normalized spacial score (nSPS) is 11.3. The number of aromatic hydroxyl groups is 1. The summed E-state index contributed by atoms with van der Waals surface area (Å²) in [7, 11) is 0. The number of anilines is 1. The van der Waals surface area contributed by atoms with Crippen molar-refractivity contribution in [3.8, 4) is 5.88 Å². The molecule has 34 heavy (non-hydrogen) atoms. The minimum atomic E-state index is -0.222. The lowest BCUT2D eigenvalue weighted by Crippen LogP contribution is -2.11. The zero-order chi connectivity index (χ0) is 23.7. The zero-order valence-corrected chi connectivity index (χ0v) is 18.8. The summed E-state index contributed by atoms with van der Waals surface area (Å²) in [6.45, 7) is 1.87. The largest absolute Gasteiger partial charge is 0.494 e. The van der Waals surface area contributed by atoms with E-state index in [9.17, 15) is 14.7 Å². The Hall–Kier alpha value is -4.50. The van der Waals surface area contributed by atoms with E-state index in [0.29, 0.717) is 44.0 Å². The third-order valence-electron chi connectivity index (χ3n) is 5.23. The van der Waals surface area contributed by atoms with Crippen LogP contribution in [0, 0.1) is 6.92 Å². The number of hydrogen-bond donors (Lipinski definition) is 4. The Morgan fingerprint density at radius 2 is 1.94 bits per heavy atom. The van der Waals surface area contributed by atoms with Gasteiger partial charge in [-0.2, -0.15) is 5.10 Å². The molecule has 8 nitrogen and oxygen atoms in total. The van der Waals surface area contributed by atoms with Crippen LogP contribution < -0.4 is 5.32 Å². The lowest BCUT2D eigenvalue weighted by molar-refractivity contribution is 0.102. The zero-order valence-electron chi connectivity index (χ0n) is 18.0. The van der Waals surface area contributed by atoms with Gasteiger partial charge in [-0.15, -0.1) is 11.3 Å². The van der Waals surface area contributed by atoms with Gasteiger partial charge in [0.15, 0.2) is 17.5 Å². The number of H-pyrrole nitrogens is 2. The lowest BCUT2D eigenvalue weighted by Gasteiger charge is -2.07. The Balaban J connectivity index is 1.43. The number of benzene rings is 2. The Morgan fingerprint density at radius 3 is 2.71 bits per heavy atom. The maximum Gasteiger partial charge on any atom is 0.265 e. The molecule has 0 spiro atoms. The molecular weight excluding hydrogens is 450 g/mol. The van der Waals surface area contributed by atoms with Crippen molar-refractivity contribution in [1.82, 2.24) is 15.2 Å². The molecule has 0 aliphatic carbocycles. The van der Waals surface area contributed by atoms with Crippen LogP contribution in [0.15, 0.2) is 71.0 Å². The number of ketones is 1. The summed E-state index contributed by atoms with van der Waals surface area (Å²) in [6.07, 6.45) is 1.51. The molecular formula is C25H19N5O3S. The van der Waals surface area contributed by atoms with E-state index in [1.54, 1.807) is 54.6 Å². The molecule has 0 saturated carbocycles. The van der Waals surface area contributed by atoms with E-state index in [-0.39, 0.29) is 17.6 Å². The van der Waals surface area contributed by atoms with Crippen molar-refractivity contribution in [2.45, 2.75) is 6.92 Å². The smallest absolute Gasteiger partial charge is 0.265 e. The fourth-order valence-corrected chi connectivity index (χ4v) is 4.20. The summed E-state index contributed by atoms with van der Waals surface area (Å²) in [5.74, 6) is 0.00858. The number of amides is 1. The van der Waals surface area contributed by atoms with Crippen LogP contribution in [-0.2, 0) is 0 Å². The van der Waals surface area contributed by atoms with Crippen LogP contribution in [-0.4, -0.2) is 38.2 Å². The second-order valence-electron chi connectivity index (χ2n) is 7.66. The van der Waals surface area contributed by atoms with Crippen LogP contribution in [0.25, 0.3) is 10.9 Å². The Labute approximate surface area is 198 Å². The van der Waals surface area contributed by atoms with Gasteiger partial charge in [0.25, 0.3) is 5.91 Å². The number of fused-ring (bicyclic) bond motifs is 1. The number of aromatic amines is 2. The van der Waals surface area contributed by atoms with Gasteiger partial charge in [-0.3, -0.25) is 14.7 Å². The molecule has 3 aromatic heterocycles. The van der Waals surface area contributed by atoms with E-state index >= 15 is 0 Å². The first kappa shape index (κ1) is 21.4. The van der Waals surface area contributed by atoms with Crippen molar-refractivity contribution >= 4 is 51.6 Å². The van der Waals surface area contributed by atoms with E-state index in [1.807, 2.05) is 18.4 Å². The van der Waals surface area contributed by atoms with Crippen molar-refractivity contribution in [3.05, 3.63) is 93.3 Å². The van der Waals surface area contributed by atoms with Crippen molar-refractivity contribution in [1.29, 1.82) is 0 Å².